The molecule has 0 saturated heterocycles. The maximum absolute atomic E-state index is 12.8. The first-order chi connectivity index (χ1) is 11.3. The fourth-order valence-electron chi connectivity index (χ4n) is 2.99. The van der Waals surface area contributed by atoms with Crippen LogP contribution in [0, 0.1) is 0 Å². The molecule has 1 aromatic heterocycles. The summed E-state index contributed by atoms with van der Waals surface area (Å²) in [5.41, 5.74) is 0.428. The molecule has 4 nitrogen and oxygen atoms in total. The number of halogens is 3. The molecule has 0 N–H and O–H groups in total. The van der Waals surface area contributed by atoms with E-state index >= 15 is 0 Å². The maximum Gasteiger partial charge on any atom is 0.406 e. The monoisotopic (exact) mass is 337 g/mol. The number of carbonyl (C=O) groups is 1. The molecule has 0 radical (unpaired) electrons. The molecular weight excluding hydrogens is 319 g/mol. The van der Waals surface area contributed by atoms with Gasteiger partial charge in [0.15, 0.2) is 0 Å². The number of carbonyl (C=O) groups excluding carboxylic acids is 1. The Morgan fingerprint density at radius 1 is 1.29 bits per heavy atom. The van der Waals surface area contributed by atoms with Gasteiger partial charge >= 0.3 is 6.18 Å². The van der Waals surface area contributed by atoms with Gasteiger partial charge in [-0.1, -0.05) is 30.3 Å². The fraction of sp³-hybridized carbons (Fsp3) is 0.412. The molecule has 1 saturated carbocycles. The molecule has 1 heterocycles. The van der Waals surface area contributed by atoms with E-state index in [4.69, 9.17) is 0 Å². The molecule has 3 rings (SSSR count). The van der Waals surface area contributed by atoms with E-state index < -0.39 is 18.1 Å². The minimum atomic E-state index is -4.32. The Labute approximate surface area is 137 Å². The highest BCUT2D eigenvalue weighted by molar-refractivity contribution is 5.91. The van der Waals surface area contributed by atoms with E-state index in [-0.39, 0.29) is 18.3 Å². The lowest BCUT2D eigenvalue weighted by atomic mass is 9.94. The Hall–Kier alpha value is -2.31. The number of rotatable bonds is 5. The summed E-state index contributed by atoms with van der Waals surface area (Å²) in [4.78, 5) is 18.3. The number of imidazole rings is 1. The Bertz CT molecular complexity index is 720. The molecule has 1 aromatic carbocycles. The number of benzene rings is 1. The summed E-state index contributed by atoms with van der Waals surface area (Å²) in [6.07, 6.45) is -0.192. The van der Waals surface area contributed by atoms with Crippen molar-refractivity contribution in [1.82, 2.24) is 14.5 Å². The summed E-state index contributed by atoms with van der Waals surface area (Å²) < 4.78 is 38.8. The Morgan fingerprint density at radius 3 is 2.54 bits per heavy atom. The second-order valence-corrected chi connectivity index (χ2v) is 6.20. The molecule has 128 valence electrons. The molecule has 2 aromatic rings. The largest absolute Gasteiger partial charge is 0.406 e. The first kappa shape index (κ1) is 16.5. The highest BCUT2D eigenvalue weighted by Gasteiger charge is 2.52. The summed E-state index contributed by atoms with van der Waals surface area (Å²) >= 11 is 0. The quantitative estimate of drug-likeness (QED) is 0.841. The topological polar surface area (TPSA) is 38.1 Å². The second-order valence-electron chi connectivity index (χ2n) is 6.20. The van der Waals surface area contributed by atoms with Crippen LogP contribution in [0.3, 0.4) is 0 Å². The average molecular weight is 337 g/mol. The predicted octanol–water partition coefficient (Wildman–Crippen LogP) is 3.14. The summed E-state index contributed by atoms with van der Waals surface area (Å²) in [7, 11) is 1.61. The van der Waals surface area contributed by atoms with Crippen molar-refractivity contribution in [1.29, 1.82) is 0 Å². The molecule has 0 bridgehead atoms. The highest BCUT2D eigenvalue weighted by Crippen LogP contribution is 2.49. The van der Waals surface area contributed by atoms with Crippen LogP contribution in [0.15, 0.2) is 42.7 Å². The Balaban J connectivity index is 1.73. The van der Waals surface area contributed by atoms with E-state index in [1.165, 1.54) is 17.3 Å². The van der Waals surface area contributed by atoms with Crippen molar-refractivity contribution >= 4 is 5.91 Å². The number of hydrogen-bond acceptors (Lipinski definition) is 2. The van der Waals surface area contributed by atoms with Crippen molar-refractivity contribution in [3.63, 3.8) is 0 Å². The minimum absolute atomic E-state index is 0.0521. The number of hydrogen-bond donors (Lipinski definition) is 0. The standard InChI is InChI=1S/C17H18F3N3O/c1-22(11-14-21-9-10-23(14)12-17(18,19)20)15(24)16(7-8-16)13-5-3-2-4-6-13/h2-6,9-10H,7-8,11-12H2,1H3. The van der Waals surface area contributed by atoms with E-state index in [1.807, 2.05) is 30.3 Å². The minimum Gasteiger partial charge on any atom is -0.338 e. The number of likely N-dealkylation sites (N-methyl/N-ethyl adjacent to an activating group) is 1. The summed E-state index contributed by atoms with van der Waals surface area (Å²) in [5.74, 6) is 0.155. The van der Waals surface area contributed by atoms with Gasteiger partial charge in [-0.25, -0.2) is 4.98 Å². The van der Waals surface area contributed by atoms with Crippen LogP contribution < -0.4 is 0 Å². The SMILES string of the molecule is CN(Cc1nccn1CC(F)(F)F)C(=O)C1(c2ccccc2)CC1. The van der Waals surface area contributed by atoms with Gasteiger partial charge in [-0.15, -0.1) is 0 Å². The van der Waals surface area contributed by atoms with Crippen LogP contribution in [0.2, 0.25) is 0 Å². The smallest absolute Gasteiger partial charge is 0.338 e. The number of nitrogens with zero attached hydrogens (tertiary/aromatic N) is 3. The molecule has 1 amide bonds. The lowest BCUT2D eigenvalue weighted by Crippen LogP contribution is -2.37. The van der Waals surface area contributed by atoms with Crippen LogP contribution >= 0.6 is 0 Å². The van der Waals surface area contributed by atoms with Crippen LogP contribution in [-0.4, -0.2) is 33.6 Å². The molecule has 0 aliphatic heterocycles. The van der Waals surface area contributed by atoms with Gasteiger partial charge in [-0.3, -0.25) is 4.79 Å². The normalized spacial score (nSPS) is 16.0. The summed E-state index contributed by atoms with van der Waals surface area (Å²) in [5, 5.41) is 0. The van der Waals surface area contributed by atoms with Gasteiger partial charge in [0.05, 0.1) is 12.0 Å². The molecule has 0 atom stereocenters. The van der Waals surface area contributed by atoms with Crippen molar-refractivity contribution in [2.24, 2.45) is 0 Å². The van der Waals surface area contributed by atoms with Gasteiger partial charge in [0.2, 0.25) is 5.91 Å². The molecule has 0 unspecified atom stereocenters. The third-order valence-electron chi connectivity index (χ3n) is 4.36. The molecule has 1 aliphatic carbocycles. The first-order valence-corrected chi connectivity index (χ1v) is 7.70. The second kappa shape index (κ2) is 5.96. The first-order valence-electron chi connectivity index (χ1n) is 7.70. The molecule has 1 aliphatic rings. The third-order valence-corrected chi connectivity index (χ3v) is 4.36. The zero-order valence-electron chi connectivity index (χ0n) is 13.3. The Kier molecular flexibility index (Phi) is 4.11. The zero-order valence-corrected chi connectivity index (χ0v) is 13.3. The summed E-state index contributed by atoms with van der Waals surface area (Å²) in [6, 6.07) is 9.51. The lowest BCUT2D eigenvalue weighted by molar-refractivity contribution is -0.141. The number of alkyl halides is 3. The van der Waals surface area contributed by atoms with E-state index in [2.05, 4.69) is 4.98 Å². The van der Waals surface area contributed by atoms with E-state index in [0.29, 0.717) is 0 Å². The predicted molar refractivity (Wildman–Crippen MR) is 82.1 cm³/mol. The van der Waals surface area contributed by atoms with Crippen molar-refractivity contribution in [3.8, 4) is 0 Å². The van der Waals surface area contributed by atoms with Crippen molar-refractivity contribution in [3.05, 3.63) is 54.1 Å². The fourth-order valence-corrected chi connectivity index (χ4v) is 2.99. The van der Waals surface area contributed by atoms with Crippen molar-refractivity contribution < 1.29 is 18.0 Å². The number of aromatic nitrogens is 2. The van der Waals surface area contributed by atoms with E-state index in [0.717, 1.165) is 23.0 Å². The lowest BCUT2D eigenvalue weighted by Gasteiger charge is -2.24. The van der Waals surface area contributed by atoms with E-state index in [9.17, 15) is 18.0 Å². The zero-order chi connectivity index (χ0) is 17.4. The third kappa shape index (κ3) is 3.29. The molecule has 24 heavy (non-hydrogen) atoms. The van der Waals surface area contributed by atoms with Crippen molar-refractivity contribution in [2.75, 3.05) is 7.05 Å². The van der Waals surface area contributed by atoms with Crippen LogP contribution in [0.4, 0.5) is 13.2 Å². The van der Waals surface area contributed by atoms with Gasteiger partial charge in [-0.05, 0) is 18.4 Å². The van der Waals surface area contributed by atoms with E-state index in [1.54, 1.807) is 7.05 Å². The van der Waals surface area contributed by atoms with Gasteiger partial charge in [0.1, 0.15) is 12.4 Å². The Morgan fingerprint density at radius 2 is 1.96 bits per heavy atom. The van der Waals surface area contributed by atoms with Crippen LogP contribution in [0.1, 0.15) is 24.2 Å². The highest BCUT2D eigenvalue weighted by atomic mass is 19.4. The van der Waals surface area contributed by atoms with Gasteiger partial charge in [0.25, 0.3) is 0 Å². The molecule has 1 fully saturated rings. The van der Waals surface area contributed by atoms with Crippen LogP contribution in [0.25, 0.3) is 0 Å². The summed E-state index contributed by atoms with van der Waals surface area (Å²) in [6.45, 7) is -1.05. The van der Waals surface area contributed by atoms with Crippen LogP contribution in [0.5, 0.6) is 0 Å². The van der Waals surface area contributed by atoms with Gasteiger partial charge < -0.3 is 9.47 Å². The van der Waals surface area contributed by atoms with Gasteiger partial charge in [-0.2, -0.15) is 13.2 Å². The molecular formula is C17H18F3N3O. The van der Waals surface area contributed by atoms with Crippen molar-refractivity contribution in [2.45, 2.75) is 37.5 Å². The van der Waals surface area contributed by atoms with Crippen LogP contribution in [-0.2, 0) is 23.3 Å². The molecule has 7 heteroatoms. The molecule has 0 spiro atoms. The number of amides is 1. The average Bonchev–Trinajstić information content (AvgIpc) is 3.24. The maximum atomic E-state index is 12.8. The van der Waals surface area contributed by atoms with Gasteiger partial charge in [0, 0.05) is 19.4 Å².